The van der Waals surface area contributed by atoms with Crippen LogP contribution in [0.25, 0.3) is 0 Å². The van der Waals surface area contributed by atoms with Gasteiger partial charge in [0.2, 0.25) is 11.8 Å². The molecule has 0 bridgehead atoms. The molecule has 4 aromatic rings. The van der Waals surface area contributed by atoms with Gasteiger partial charge in [-0.05, 0) is 90.8 Å². The summed E-state index contributed by atoms with van der Waals surface area (Å²) in [6.45, 7) is 11.4. The zero-order valence-electron chi connectivity index (χ0n) is 31.5. The molecule has 5 amide bonds. The lowest BCUT2D eigenvalue weighted by Gasteiger charge is -2.20. The van der Waals surface area contributed by atoms with Crippen LogP contribution in [0.5, 0.6) is 11.5 Å². The number of benzene rings is 4. The maximum Gasteiger partial charge on any atom is 0.338 e. The van der Waals surface area contributed by atoms with Crippen molar-refractivity contribution >= 4 is 58.3 Å². The van der Waals surface area contributed by atoms with Gasteiger partial charge in [-0.25, -0.2) is 4.79 Å². The van der Waals surface area contributed by atoms with Crippen LogP contribution < -0.4 is 42.2 Å². The Morgan fingerprint density at radius 3 is 1.84 bits per heavy atom. The maximum absolute atomic E-state index is 13.6. The molecule has 0 unspecified atom stereocenters. The van der Waals surface area contributed by atoms with Gasteiger partial charge in [0.25, 0.3) is 17.7 Å². The number of anilines is 4. The molecule has 0 aliphatic heterocycles. The van der Waals surface area contributed by atoms with Gasteiger partial charge < -0.3 is 46.9 Å². The normalized spacial score (nSPS) is 11.0. The predicted molar refractivity (Wildman–Crippen MR) is 216 cm³/mol. The highest BCUT2D eigenvalue weighted by molar-refractivity contribution is 6.10. The van der Waals surface area contributed by atoms with E-state index < -0.39 is 48.0 Å². The summed E-state index contributed by atoms with van der Waals surface area (Å²) in [6.07, 6.45) is 2.49. The highest BCUT2D eigenvalue weighted by Gasteiger charge is 2.25. The molecular weight excluding hydrogens is 732 g/mol. The number of nitrogens with one attached hydrogen (secondary N) is 4. The van der Waals surface area contributed by atoms with Crippen LogP contribution in [0.3, 0.4) is 0 Å². The molecule has 8 N–H and O–H groups in total. The van der Waals surface area contributed by atoms with E-state index >= 15 is 0 Å². The van der Waals surface area contributed by atoms with Gasteiger partial charge in [-0.3, -0.25) is 24.0 Å². The van der Waals surface area contributed by atoms with E-state index in [9.17, 15) is 28.8 Å². The highest BCUT2D eigenvalue weighted by Crippen LogP contribution is 2.40. The lowest BCUT2D eigenvalue weighted by molar-refractivity contribution is -0.123. The Bertz CT molecular complexity index is 2120. The van der Waals surface area contributed by atoms with Gasteiger partial charge in [-0.1, -0.05) is 39.2 Å². The molecule has 296 valence electrons. The van der Waals surface area contributed by atoms with Crippen molar-refractivity contribution < 1.29 is 43.0 Å². The Hall–Kier alpha value is -7.42. The number of hydrogen-bond acceptors (Lipinski definition) is 10. The van der Waals surface area contributed by atoms with E-state index in [-0.39, 0.29) is 65.3 Å². The van der Waals surface area contributed by atoms with Crippen LogP contribution in [0.4, 0.5) is 22.7 Å². The fourth-order valence-electron chi connectivity index (χ4n) is 5.04. The fourth-order valence-corrected chi connectivity index (χ4v) is 5.04. The molecule has 0 aliphatic carbocycles. The molecule has 0 saturated carbocycles. The number of amides is 5. The third-order valence-electron chi connectivity index (χ3n) is 7.84. The van der Waals surface area contributed by atoms with Crippen LogP contribution >= 0.6 is 0 Å². The fraction of sp³-hybridized carbons (Fsp3) is 0.190. The molecular formula is C42H44N6O9. The molecule has 0 aromatic heterocycles. The van der Waals surface area contributed by atoms with Gasteiger partial charge in [-0.2, -0.15) is 0 Å². The predicted octanol–water partition coefficient (Wildman–Crippen LogP) is 5.33. The van der Waals surface area contributed by atoms with Crippen molar-refractivity contribution in [1.82, 2.24) is 5.32 Å². The molecule has 0 radical (unpaired) electrons. The summed E-state index contributed by atoms with van der Waals surface area (Å²) < 4.78 is 17.1. The third kappa shape index (κ3) is 12.3. The summed E-state index contributed by atoms with van der Waals surface area (Å²) in [5.74, 6) is -3.54. The summed E-state index contributed by atoms with van der Waals surface area (Å²) in [7, 11) is 0. The number of nitrogens with two attached hydrogens (primary N) is 2. The monoisotopic (exact) mass is 776 g/mol. The number of nitrogen functional groups attached to an aromatic ring is 1. The van der Waals surface area contributed by atoms with Crippen LogP contribution in [0, 0.1) is 5.92 Å². The van der Waals surface area contributed by atoms with Gasteiger partial charge in [0.1, 0.15) is 19.3 Å². The van der Waals surface area contributed by atoms with Gasteiger partial charge in [0.05, 0.1) is 29.8 Å². The van der Waals surface area contributed by atoms with Crippen molar-refractivity contribution in [2.45, 2.75) is 26.3 Å². The van der Waals surface area contributed by atoms with E-state index in [4.69, 9.17) is 25.7 Å². The molecule has 0 heterocycles. The third-order valence-corrected chi connectivity index (χ3v) is 7.84. The summed E-state index contributed by atoms with van der Waals surface area (Å²) in [5.41, 5.74) is 13.2. The first-order valence-corrected chi connectivity index (χ1v) is 17.7. The van der Waals surface area contributed by atoms with Crippen molar-refractivity contribution in [2.24, 2.45) is 11.7 Å². The summed E-state index contributed by atoms with van der Waals surface area (Å²) in [4.78, 5) is 76.9. The van der Waals surface area contributed by atoms with E-state index in [0.29, 0.717) is 16.9 Å². The van der Waals surface area contributed by atoms with E-state index in [1.165, 1.54) is 84.9 Å². The molecule has 4 rings (SSSR count). The second kappa shape index (κ2) is 20.3. The number of rotatable bonds is 19. The van der Waals surface area contributed by atoms with Crippen LogP contribution in [0.1, 0.15) is 61.7 Å². The topological polar surface area (TPSA) is 230 Å². The molecule has 57 heavy (non-hydrogen) atoms. The average molecular weight is 777 g/mol. The smallest absolute Gasteiger partial charge is 0.338 e. The van der Waals surface area contributed by atoms with E-state index in [0.717, 1.165) is 0 Å². The van der Waals surface area contributed by atoms with Crippen LogP contribution in [-0.2, 0) is 14.3 Å². The van der Waals surface area contributed by atoms with Crippen molar-refractivity contribution in [3.05, 3.63) is 132 Å². The first kappa shape index (κ1) is 42.3. The molecule has 15 heteroatoms. The van der Waals surface area contributed by atoms with Crippen LogP contribution in [0.2, 0.25) is 0 Å². The van der Waals surface area contributed by atoms with Crippen LogP contribution in [0.15, 0.2) is 110 Å². The number of ether oxygens (including phenoxy) is 3. The minimum Gasteiger partial charge on any atom is -0.487 e. The van der Waals surface area contributed by atoms with Crippen molar-refractivity contribution in [2.75, 3.05) is 41.5 Å². The Labute approximate surface area is 329 Å². The lowest BCUT2D eigenvalue weighted by Crippen LogP contribution is -2.46. The average Bonchev–Trinajstić information content (AvgIpc) is 3.18. The van der Waals surface area contributed by atoms with Crippen molar-refractivity contribution in [1.29, 1.82) is 0 Å². The quantitative estimate of drug-likeness (QED) is 0.0407. The van der Waals surface area contributed by atoms with Crippen LogP contribution in [-0.4, -0.2) is 61.4 Å². The summed E-state index contributed by atoms with van der Waals surface area (Å²) >= 11 is 0. The first-order chi connectivity index (χ1) is 27.3. The molecule has 4 aromatic carbocycles. The summed E-state index contributed by atoms with van der Waals surface area (Å²) in [6, 6.07) is 19.7. The maximum atomic E-state index is 13.6. The minimum absolute atomic E-state index is 0.00970. The molecule has 15 nitrogen and oxygen atoms in total. The number of carbonyl (C=O) groups is 6. The number of hydrogen-bond donors (Lipinski definition) is 6. The van der Waals surface area contributed by atoms with E-state index in [1.54, 1.807) is 12.1 Å². The van der Waals surface area contributed by atoms with Crippen molar-refractivity contribution in [3.8, 4) is 11.5 Å². The van der Waals surface area contributed by atoms with Gasteiger partial charge in [0.15, 0.2) is 11.5 Å². The molecule has 1 atom stereocenters. The number of esters is 1. The molecule has 0 fully saturated rings. The van der Waals surface area contributed by atoms with E-state index in [1.807, 2.05) is 13.8 Å². The standard InChI is InChI=1S/C42H44N6O9/c1-5-21-55-36-32(40(52)45-30-17-11-28(12-18-30)42(54)56-22-6-2)19-20-33(37(36)57-24-25(3)4)47-38(50)27-9-15-31(16-10-27)46-41(53)34(23-35(44)49)48-39(51)26-7-13-29(43)14-8-26/h5-20,25,34H,1-2,21-24,43H2,3-4H3,(H2,44,49)(H,45,52)(H,46,53)(H,47,50)(H,48,51)/t34-/m0/s1. The summed E-state index contributed by atoms with van der Waals surface area (Å²) in [5, 5.41) is 10.7. The second-order valence-electron chi connectivity index (χ2n) is 12.9. The van der Waals surface area contributed by atoms with E-state index in [2.05, 4.69) is 34.4 Å². The zero-order chi connectivity index (χ0) is 41.5. The Morgan fingerprint density at radius 2 is 1.25 bits per heavy atom. The highest BCUT2D eigenvalue weighted by atomic mass is 16.5. The molecule has 0 saturated heterocycles. The Morgan fingerprint density at radius 1 is 0.667 bits per heavy atom. The van der Waals surface area contributed by atoms with Gasteiger partial charge in [0, 0.05) is 28.2 Å². The number of primary amides is 1. The zero-order valence-corrected chi connectivity index (χ0v) is 31.5. The molecule has 0 aliphatic rings. The van der Waals surface area contributed by atoms with Gasteiger partial charge in [-0.15, -0.1) is 0 Å². The Balaban J connectivity index is 1.52. The lowest BCUT2D eigenvalue weighted by atomic mass is 10.1. The largest absolute Gasteiger partial charge is 0.487 e. The minimum atomic E-state index is -1.29. The SMILES string of the molecule is C=CCOC(=O)c1ccc(NC(=O)c2ccc(NC(=O)c3ccc(NC(=O)[C@H](CC(N)=O)NC(=O)c4ccc(N)cc4)cc3)c(OCC(C)C)c2OCC=C)cc1. The Kier molecular flexibility index (Phi) is 15.1. The molecule has 0 spiro atoms. The first-order valence-electron chi connectivity index (χ1n) is 17.7. The number of carbonyl (C=O) groups excluding carboxylic acids is 6. The second-order valence-corrected chi connectivity index (χ2v) is 12.9. The van der Waals surface area contributed by atoms with Gasteiger partial charge >= 0.3 is 5.97 Å². The van der Waals surface area contributed by atoms with Crippen molar-refractivity contribution in [3.63, 3.8) is 0 Å².